The number of carbonyl (C=O) groups is 1. The first-order valence-electron chi connectivity index (χ1n) is 12.3. The molecule has 172 valence electrons. The molecule has 0 aromatic heterocycles. The summed E-state index contributed by atoms with van der Waals surface area (Å²) in [6.45, 7) is 19.8. The van der Waals surface area contributed by atoms with Gasteiger partial charge in [-0.05, 0) is 85.3 Å². The van der Waals surface area contributed by atoms with E-state index in [1.165, 1.54) is 37.7 Å². The number of esters is 1. The molecule has 0 spiro atoms. The van der Waals surface area contributed by atoms with Crippen LogP contribution in [0.25, 0.3) is 6.08 Å². The van der Waals surface area contributed by atoms with Gasteiger partial charge >= 0.3 is 5.97 Å². The third-order valence-electron chi connectivity index (χ3n) is 8.32. The zero-order valence-corrected chi connectivity index (χ0v) is 22.2. The third kappa shape index (κ3) is 5.35. The fourth-order valence-electron chi connectivity index (χ4n) is 6.32. The normalized spacial score (nSPS) is 28.0. The lowest BCUT2D eigenvalue weighted by atomic mass is 9.50. The van der Waals surface area contributed by atoms with Crippen LogP contribution in [0, 0.1) is 28.6 Å². The maximum Gasteiger partial charge on any atom is 0.338 e. The summed E-state index contributed by atoms with van der Waals surface area (Å²) in [7, 11) is -1.47. The van der Waals surface area contributed by atoms with Crippen molar-refractivity contribution >= 4 is 20.1 Å². The first-order valence-corrected chi connectivity index (χ1v) is 15.8. The summed E-state index contributed by atoms with van der Waals surface area (Å²) < 4.78 is 5.14. The molecule has 3 rings (SSSR count). The van der Waals surface area contributed by atoms with Crippen molar-refractivity contribution in [2.24, 2.45) is 28.6 Å². The molecule has 2 aliphatic carbocycles. The largest absolute Gasteiger partial charge is 0.462 e. The SMILES string of the molecule is CCOC(=O)c1ccc(C=C(C2CCC3C(C2)C(C)(C)CCC3(C)C)[Si](C)(C)C)cc1. The predicted molar refractivity (Wildman–Crippen MR) is 135 cm³/mol. The van der Waals surface area contributed by atoms with Crippen molar-refractivity contribution in [1.82, 2.24) is 0 Å². The van der Waals surface area contributed by atoms with Crippen LogP contribution in [-0.4, -0.2) is 20.7 Å². The highest BCUT2D eigenvalue weighted by Crippen LogP contribution is 2.59. The van der Waals surface area contributed by atoms with Crippen LogP contribution >= 0.6 is 0 Å². The monoisotopic (exact) mass is 440 g/mol. The highest BCUT2D eigenvalue weighted by atomic mass is 28.3. The van der Waals surface area contributed by atoms with Crippen LogP contribution in [-0.2, 0) is 4.74 Å². The Hall–Kier alpha value is -1.35. The maximum absolute atomic E-state index is 12.0. The van der Waals surface area contributed by atoms with E-state index in [1.54, 1.807) is 5.20 Å². The molecular weight excluding hydrogens is 396 g/mol. The fraction of sp³-hybridized carbons (Fsp3) is 0.679. The Bertz CT molecular complexity index is 810. The van der Waals surface area contributed by atoms with Crippen LogP contribution in [0.5, 0.6) is 0 Å². The van der Waals surface area contributed by atoms with Crippen molar-refractivity contribution in [2.45, 2.75) is 86.4 Å². The van der Waals surface area contributed by atoms with Crippen LogP contribution in [0.4, 0.5) is 0 Å². The average Bonchev–Trinajstić information content (AvgIpc) is 2.69. The summed E-state index contributed by atoms with van der Waals surface area (Å²) in [6, 6.07) is 8.00. The van der Waals surface area contributed by atoms with Gasteiger partial charge in [0.2, 0.25) is 0 Å². The second-order valence-corrected chi connectivity index (χ2v) is 17.5. The Balaban J connectivity index is 1.87. The minimum atomic E-state index is -1.47. The molecule has 2 fully saturated rings. The molecule has 31 heavy (non-hydrogen) atoms. The Kier molecular flexibility index (Phi) is 6.96. The summed E-state index contributed by atoms with van der Waals surface area (Å²) in [4.78, 5) is 12.0. The summed E-state index contributed by atoms with van der Waals surface area (Å²) in [6.07, 6.45) is 9.24. The fourth-order valence-corrected chi connectivity index (χ4v) is 8.41. The molecule has 2 saturated carbocycles. The van der Waals surface area contributed by atoms with Crippen molar-refractivity contribution in [2.75, 3.05) is 6.61 Å². The van der Waals surface area contributed by atoms with Gasteiger partial charge < -0.3 is 4.74 Å². The van der Waals surface area contributed by atoms with E-state index >= 15 is 0 Å². The van der Waals surface area contributed by atoms with Gasteiger partial charge in [-0.1, -0.05) is 70.7 Å². The highest BCUT2D eigenvalue weighted by molar-refractivity contribution is 6.83. The first-order chi connectivity index (χ1) is 14.3. The van der Waals surface area contributed by atoms with Crippen LogP contribution < -0.4 is 0 Å². The van der Waals surface area contributed by atoms with E-state index < -0.39 is 8.07 Å². The van der Waals surface area contributed by atoms with Gasteiger partial charge in [-0.15, -0.1) is 0 Å². The second kappa shape index (κ2) is 8.88. The van der Waals surface area contributed by atoms with Crippen molar-refractivity contribution in [1.29, 1.82) is 0 Å². The zero-order chi connectivity index (χ0) is 23.0. The maximum atomic E-state index is 12.0. The lowest BCUT2D eigenvalue weighted by Crippen LogP contribution is -2.48. The van der Waals surface area contributed by atoms with Crippen LogP contribution in [0.3, 0.4) is 0 Å². The van der Waals surface area contributed by atoms with E-state index in [1.807, 2.05) is 19.1 Å². The Morgan fingerprint density at radius 3 is 2.13 bits per heavy atom. The zero-order valence-electron chi connectivity index (χ0n) is 21.2. The molecule has 0 amide bonds. The van der Waals surface area contributed by atoms with Gasteiger partial charge in [-0.25, -0.2) is 4.79 Å². The standard InChI is InChI=1S/C28H44O2Si/c1-9-30-26(29)21-12-10-20(11-13-21)18-25(31(6,7)8)22-14-15-23-24(19-22)28(4,5)17-16-27(23,2)3/h10-13,18,22-24H,9,14-17,19H2,1-8H3. The Morgan fingerprint density at radius 1 is 1.00 bits per heavy atom. The molecule has 3 unspecified atom stereocenters. The number of hydrogen-bond donors (Lipinski definition) is 0. The van der Waals surface area contributed by atoms with E-state index in [2.05, 4.69) is 65.5 Å². The van der Waals surface area contributed by atoms with E-state index in [0.29, 0.717) is 28.9 Å². The molecule has 2 nitrogen and oxygen atoms in total. The molecule has 0 bridgehead atoms. The number of benzene rings is 1. The number of hydrogen-bond acceptors (Lipinski definition) is 2. The van der Waals surface area contributed by atoms with Gasteiger partial charge in [0.15, 0.2) is 0 Å². The molecule has 3 atom stereocenters. The lowest BCUT2D eigenvalue weighted by molar-refractivity contribution is -0.0538. The summed E-state index contributed by atoms with van der Waals surface area (Å²) in [5, 5.41) is 1.70. The van der Waals surface area contributed by atoms with Crippen LogP contribution in [0.2, 0.25) is 19.6 Å². The topological polar surface area (TPSA) is 26.3 Å². The molecular formula is C28H44O2Si. The molecule has 2 aliphatic rings. The Morgan fingerprint density at radius 2 is 1.58 bits per heavy atom. The molecule has 0 radical (unpaired) electrons. The van der Waals surface area contributed by atoms with E-state index in [0.717, 1.165) is 11.8 Å². The quantitative estimate of drug-likeness (QED) is 0.342. The second-order valence-electron chi connectivity index (χ2n) is 12.4. The van der Waals surface area contributed by atoms with Crippen molar-refractivity contribution < 1.29 is 9.53 Å². The molecule has 1 aromatic rings. The van der Waals surface area contributed by atoms with Crippen LogP contribution in [0.15, 0.2) is 29.5 Å². The molecule has 0 heterocycles. The van der Waals surface area contributed by atoms with Crippen LogP contribution in [0.1, 0.15) is 82.6 Å². The van der Waals surface area contributed by atoms with E-state index in [4.69, 9.17) is 4.74 Å². The first kappa shape index (κ1) is 24.3. The Labute approximate surface area is 191 Å². The molecule has 0 saturated heterocycles. The van der Waals surface area contributed by atoms with E-state index in [9.17, 15) is 4.79 Å². The minimum Gasteiger partial charge on any atom is -0.462 e. The van der Waals surface area contributed by atoms with E-state index in [-0.39, 0.29) is 5.97 Å². The molecule has 0 aliphatic heterocycles. The number of ether oxygens (including phenoxy) is 1. The number of rotatable bonds is 5. The van der Waals surface area contributed by atoms with Crippen molar-refractivity contribution in [3.63, 3.8) is 0 Å². The van der Waals surface area contributed by atoms with Gasteiger partial charge in [0.1, 0.15) is 0 Å². The highest BCUT2D eigenvalue weighted by Gasteiger charge is 2.50. The lowest BCUT2D eigenvalue weighted by Gasteiger charge is -2.56. The molecule has 1 aromatic carbocycles. The van der Waals surface area contributed by atoms with Gasteiger partial charge in [-0.3, -0.25) is 0 Å². The van der Waals surface area contributed by atoms with Gasteiger partial charge in [0.05, 0.1) is 20.2 Å². The molecule has 3 heteroatoms. The smallest absolute Gasteiger partial charge is 0.338 e. The molecule has 0 N–H and O–H groups in total. The predicted octanol–water partition coefficient (Wildman–Crippen LogP) is 8.00. The number of allylic oxidation sites excluding steroid dienone is 1. The third-order valence-corrected chi connectivity index (χ3v) is 10.6. The van der Waals surface area contributed by atoms with Gasteiger partial charge in [0, 0.05) is 0 Å². The minimum absolute atomic E-state index is 0.232. The summed E-state index contributed by atoms with van der Waals surface area (Å²) in [5.74, 6) is 2.15. The van der Waals surface area contributed by atoms with Gasteiger partial charge in [-0.2, -0.15) is 0 Å². The summed E-state index contributed by atoms with van der Waals surface area (Å²) in [5.41, 5.74) is 2.79. The van der Waals surface area contributed by atoms with Crippen molar-refractivity contribution in [3.05, 3.63) is 40.6 Å². The number of carbonyl (C=O) groups excluding carboxylic acids is 1. The van der Waals surface area contributed by atoms with Crippen molar-refractivity contribution in [3.8, 4) is 0 Å². The van der Waals surface area contributed by atoms with Gasteiger partial charge in [0.25, 0.3) is 0 Å². The number of fused-ring (bicyclic) bond motifs is 1. The average molecular weight is 441 g/mol. The summed E-state index contributed by atoms with van der Waals surface area (Å²) >= 11 is 0.